The number of carbonyl (C=O) groups excluding carboxylic acids is 1. The average Bonchev–Trinajstić information content (AvgIpc) is 2.53. The van der Waals surface area contributed by atoms with E-state index >= 15 is 0 Å². The summed E-state index contributed by atoms with van der Waals surface area (Å²) < 4.78 is 0. The Morgan fingerprint density at radius 2 is 2.24 bits per heavy atom. The van der Waals surface area contributed by atoms with Gasteiger partial charge in [0.25, 0.3) is 0 Å². The molecule has 1 amide bonds. The summed E-state index contributed by atoms with van der Waals surface area (Å²) in [4.78, 5) is 17.7. The molecule has 94 valence electrons. The Kier molecular flexibility index (Phi) is 3.82. The lowest BCUT2D eigenvalue weighted by atomic mass is 9.84. The van der Waals surface area contributed by atoms with Gasteiger partial charge in [-0.2, -0.15) is 0 Å². The van der Waals surface area contributed by atoms with Crippen LogP contribution in [0.5, 0.6) is 0 Å². The van der Waals surface area contributed by atoms with Crippen molar-refractivity contribution >= 4 is 17.2 Å². The highest BCUT2D eigenvalue weighted by Crippen LogP contribution is 2.29. The highest BCUT2D eigenvalue weighted by atomic mass is 32.1. The first-order chi connectivity index (χ1) is 8.11. The van der Waals surface area contributed by atoms with Crippen LogP contribution in [0.3, 0.4) is 0 Å². The number of rotatable bonds is 4. The molecule has 0 aromatic carbocycles. The van der Waals surface area contributed by atoms with Gasteiger partial charge < -0.3 is 5.32 Å². The maximum atomic E-state index is 11.9. The van der Waals surface area contributed by atoms with Crippen molar-refractivity contribution in [1.29, 1.82) is 0 Å². The summed E-state index contributed by atoms with van der Waals surface area (Å²) in [6, 6.07) is 0.0977. The summed E-state index contributed by atoms with van der Waals surface area (Å²) in [6.07, 6.45) is 4.21. The third kappa shape index (κ3) is 2.68. The molecule has 1 fully saturated rings. The van der Waals surface area contributed by atoms with Gasteiger partial charge in [-0.25, -0.2) is 4.98 Å². The minimum atomic E-state index is 0.0977. The maximum absolute atomic E-state index is 11.9. The summed E-state index contributed by atoms with van der Waals surface area (Å²) in [5.41, 5.74) is 1.08. The molecule has 1 aliphatic carbocycles. The van der Waals surface area contributed by atoms with Crippen LogP contribution in [0.1, 0.15) is 54.2 Å². The largest absolute Gasteiger partial charge is 0.347 e. The minimum Gasteiger partial charge on any atom is -0.347 e. The van der Waals surface area contributed by atoms with Crippen LogP contribution in [0.15, 0.2) is 0 Å². The predicted octanol–water partition coefficient (Wildman–Crippen LogP) is 3.13. The zero-order valence-electron chi connectivity index (χ0n) is 10.7. The van der Waals surface area contributed by atoms with E-state index in [1.807, 2.05) is 6.92 Å². The molecule has 1 atom stereocenters. The van der Waals surface area contributed by atoms with Crippen molar-refractivity contribution in [2.45, 2.75) is 52.5 Å². The Morgan fingerprint density at radius 3 is 2.65 bits per heavy atom. The Hall–Kier alpha value is -0.900. The molecule has 17 heavy (non-hydrogen) atoms. The molecular weight excluding hydrogens is 232 g/mol. The van der Waals surface area contributed by atoms with Crippen molar-refractivity contribution in [3.05, 3.63) is 15.6 Å². The third-order valence-electron chi connectivity index (χ3n) is 3.54. The summed E-state index contributed by atoms with van der Waals surface area (Å²) in [6.45, 7) is 6.20. The lowest BCUT2D eigenvalue weighted by Crippen LogP contribution is -2.36. The number of amides is 1. The second-order valence-electron chi connectivity index (χ2n) is 4.79. The van der Waals surface area contributed by atoms with E-state index in [4.69, 9.17) is 0 Å². The number of nitrogens with zero attached hydrogens (tertiary/aromatic N) is 1. The van der Waals surface area contributed by atoms with Gasteiger partial charge in [-0.05, 0) is 33.1 Å². The van der Waals surface area contributed by atoms with E-state index in [1.54, 1.807) is 11.3 Å². The van der Waals surface area contributed by atoms with Crippen LogP contribution in [-0.2, 0) is 4.79 Å². The standard InChI is InChI=1S/C13H20N2OS/c1-4-11(13-14-8(2)9(3)17-13)15-12(16)10-6-5-7-10/h10-11H,4-7H2,1-3H3,(H,15,16). The van der Waals surface area contributed by atoms with Crippen molar-refractivity contribution in [2.24, 2.45) is 5.92 Å². The van der Waals surface area contributed by atoms with Crippen molar-refractivity contribution in [1.82, 2.24) is 10.3 Å². The van der Waals surface area contributed by atoms with Gasteiger partial charge in [-0.3, -0.25) is 4.79 Å². The number of aryl methyl sites for hydroxylation is 2. The Morgan fingerprint density at radius 1 is 1.53 bits per heavy atom. The van der Waals surface area contributed by atoms with E-state index in [-0.39, 0.29) is 17.9 Å². The topological polar surface area (TPSA) is 42.0 Å². The van der Waals surface area contributed by atoms with Gasteiger partial charge in [0.1, 0.15) is 5.01 Å². The molecule has 1 heterocycles. The van der Waals surface area contributed by atoms with Crippen molar-refractivity contribution < 1.29 is 4.79 Å². The number of aromatic nitrogens is 1. The predicted molar refractivity (Wildman–Crippen MR) is 70.1 cm³/mol. The fourth-order valence-corrected chi connectivity index (χ4v) is 3.00. The zero-order chi connectivity index (χ0) is 12.4. The van der Waals surface area contributed by atoms with Crippen LogP contribution in [0, 0.1) is 19.8 Å². The quantitative estimate of drug-likeness (QED) is 0.894. The molecule has 0 radical (unpaired) electrons. The smallest absolute Gasteiger partial charge is 0.223 e. The van der Waals surface area contributed by atoms with Crippen LogP contribution in [0.25, 0.3) is 0 Å². The Labute approximate surface area is 107 Å². The lowest BCUT2D eigenvalue weighted by molar-refractivity contribution is -0.128. The first kappa shape index (κ1) is 12.6. The van der Waals surface area contributed by atoms with E-state index in [2.05, 4.69) is 24.1 Å². The van der Waals surface area contributed by atoms with Gasteiger partial charge in [0.15, 0.2) is 0 Å². The molecule has 1 N–H and O–H groups in total. The number of thiazole rings is 1. The molecule has 1 unspecified atom stereocenters. The van der Waals surface area contributed by atoms with E-state index in [0.717, 1.165) is 30.0 Å². The van der Waals surface area contributed by atoms with Crippen LogP contribution >= 0.6 is 11.3 Å². The molecule has 1 saturated carbocycles. The number of hydrogen-bond donors (Lipinski definition) is 1. The molecule has 0 saturated heterocycles. The van der Waals surface area contributed by atoms with Gasteiger partial charge in [0, 0.05) is 10.8 Å². The summed E-state index contributed by atoms with van der Waals surface area (Å²) in [7, 11) is 0. The first-order valence-corrected chi connectivity index (χ1v) is 7.17. The van der Waals surface area contributed by atoms with Crippen LogP contribution in [0.2, 0.25) is 0 Å². The molecule has 2 rings (SSSR count). The van der Waals surface area contributed by atoms with Crippen LogP contribution < -0.4 is 5.32 Å². The molecule has 0 bridgehead atoms. The van der Waals surface area contributed by atoms with E-state index in [0.29, 0.717) is 0 Å². The van der Waals surface area contributed by atoms with Crippen LogP contribution in [-0.4, -0.2) is 10.9 Å². The van der Waals surface area contributed by atoms with Gasteiger partial charge in [-0.1, -0.05) is 13.3 Å². The van der Waals surface area contributed by atoms with Crippen molar-refractivity contribution in [2.75, 3.05) is 0 Å². The zero-order valence-corrected chi connectivity index (χ0v) is 11.6. The molecule has 3 nitrogen and oxygen atoms in total. The van der Waals surface area contributed by atoms with Crippen molar-refractivity contribution in [3.8, 4) is 0 Å². The normalized spacial score (nSPS) is 17.6. The van der Waals surface area contributed by atoms with Gasteiger partial charge >= 0.3 is 0 Å². The molecule has 1 aromatic rings. The Balaban J connectivity index is 2.02. The van der Waals surface area contributed by atoms with Gasteiger partial charge in [0.2, 0.25) is 5.91 Å². The van der Waals surface area contributed by atoms with Crippen LogP contribution in [0.4, 0.5) is 0 Å². The highest BCUT2D eigenvalue weighted by Gasteiger charge is 2.27. The van der Waals surface area contributed by atoms with E-state index in [1.165, 1.54) is 11.3 Å². The monoisotopic (exact) mass is 252 g/mol. The Bertz CT molecular complexity index is 390. The summed E-state index contributed by atoms with van der Waals surface area (Å²) in [5, 5.41) is 4.19. The molecule has 4 heteroatoms. The second-order valence-corrected chi connectivity index (χ2v) is 6.03. The number of carbonyl (C=O) groups is 1. The highest BCUT2D eigenvalue weighted by molar-refractivity contribution is 7.11. The number of nitrogens with one attached hydrogen (secondary N) is 1. The lowest BCUT2D eigenvalue weighted by Gasteiger charge is -2.26. The summed E-state index contributed by atoms with van der Waals surface area (Å²) >= 11 is 1.70. The minimum absolute atomic E-state index is 0.0977. The SMILES string of the molecule is CCC(NC(=O)C1CCC1)c1nc(C)c(C)s1. The van der Waals surface area contributed by atoms with Gasteiger partial charge in [0.05, 0.1) is 11.7 Å². The van der Waals surface area contributed by atoms with E-state index in [9.17, 15) is 4.79 Å². The molecule has 0 spiro atoms. The molecule has 1 aliphatic rings. The average molecular weight is 252 g/mol. The molecule has 1 aromatic heterocycles. The summed E-state index contributed by atoms with van der Waals surface area (Å²) in [5.74, 6) is 0.472. The molecular formula is C13H20N2OS. The van der Waals surface area contributed by atoms with Crippen molar-refractivity contribution in [3.63, 3.8) is 0 Å². The fraction of sp³-hybridized carbons (Fsp3) is 0.692. The number of hydrogen-bond acceptors (Lipinski definition) is 3. The maximum Gasteiger partial charge on any atom is 0.223 e. The second kappa shape index (κ2) is 5.17. The third-order valence-corrected chi connectivity index (χ3v) is 4.73. The first-order valence-electron chi connectivity index (χ1n) is 6.36. The van der Waals surface area contributed by atoms with Gasteiger partial charge in [-0.15, -0.1) is 11.3 Å². The van der Waals surface area contributed by atoms with E-state index < -0.39 is 0 Å². The molecule has 0 aliphatic heterocycles. The fourth-order valence-electron chi connectivity index (χ4n) is 1.95.